The van der Waals surface area contributed by atoms with Crippen molar-refractivity contribution in [2.75, 3.05) is 0 Å². The van der Waals surface area contributed by atoms with E-state index in [1.807, 2.05) is 12.1 Å². The number of nitrogens with zero attached hydrogens (tertiary/aromatic N) is 2. The largest absolute Gasteiger partial charge is 0.349 e. The van der Waals surface area contributed by atoms with Gasteiger partial charge < -0.3 is 5.32 Å². The van der Waals surface area contributed by atoms with Crippen molar-refractivity contribution in [1.82, 2.24) is 15.3 Å². The Morgan fingerprint density at radius 1 is 1.11 bits per heavy atom. The summed E-state index contributed by atoms with van der Waals surface area (Å²) in [5, 5.41) is 3.12. The van der Waals surface area contributed by atoms with Gasteiger partial charge in [0.2, 0.25) is 0 Å². The van der Waals surface area contributed by atoms with Crippen LogP contribution in [0.3, 0.4) is 0 Å². The number of pyridine rings is 2. The van der Waals surface area contributed by atoms with Crippen LogP contribution in [0.2, 0.25) is 0 Å². The summed E-state index contributed by atoms with van der Waals surface area (Å²) in [5.74, 6) is -0.0296. The summed E-state index contributed by atoms with van der Waals surface area (Å²) < 4.78 is 0. The smallest absolute Gasteiger partial charge is 0.253 e. The minimum absolute atomic E-state index is 0.0296. The van der Waals surface area contributed by atoms with E-state index in [0.29, 0.717) is 17.1 Å². The van der Waals surface area contributed by atoms with E-state index >= 15 is 0 Å². The number of aromatic nitrogens is 2. The highest BCUT2D eigenvalue weighted by Gasteiger charge is 2.18. The molecule has 0 aromatic carbocycles. The Balaban J connectivity index is 1.85. The first kappa shape index (κ1) is 12.1. The molecule has 0 unspecified atom stereocenters. The first-order valence-corrected chi connectivity index (χ1v) is 6.85. The predicted octanol–water partition coefficient (Wildman–Crippen LogP) is 2.69. The molecule has 0 bridgehead atoms. The molecule has 0 saturated heterocycles. The highest BCUT2D eigenvalue weighted by Crippen LogP contribution is 2.19. The number of amides is 1. The number of fused-ring (bicyclic) bond motifs is 1. The highest BCUT2D eigenvalue weighted by atomic mass is 16.1. The van der Waals surface area contributed by atoms with E-state index in [-0.39, 0.29) is 5.91 Å². The fraction of sp³-hybridized carbons (Fsp3) is 0.400. The molecule has 1 amide bonds. The normalized spacial score (nSPS) is 16.4. The second kappa shape index (κ2) is 5.34. The molecule has 0 spiro atoms. The van der Waals surface area contributed by atoms with Gasteiger partial charge in [0.1, 0.15) is 5.52 Å². The van der Waals surface area contributed by atoms with Gasteiger partial charge in [0.25, 0.3) is 5.91 Å². The molecule has 19 heavy (non-hydrogen) atoms. The minimum atomic E-state index is -0.0296. The van der Waals surface area contributed by atoms with Crippen LogP contribution >= 0.6 is 0 Å². The Morgan fingerprint density at radius 2 is 1.95 bits per heavy atom. The fourth-order valence-corrected chi connectivity index (χ4v) is 2.67. The van der Waals surface area contributed by atoms with E-state index in [9.17, 15) is 4.79 Å². The number of rotatable bonds is 2. The Morgan fingerprint density at radius 3 is 2.79 bits per heavy atom. The minimum Gasteiger partial charge on any atom is -0.349 e. The maximum Gasteiger partial charge on any atom is 0.253 e. The maximum atomic E-state index is 12.3. The molecule has 1 saturated carbocycles. The lowest BCUT2D eigenvalue weighted by Gasteiger charge is -2.22. The van der Waals surface area contributed by atoms with Crippen LogP contribution in [0.1, 0.15) is 42.5 Å². The molecule has 1 N–H and O–H groups in total. The number of hydrogen-bond donors (Lipinski definition) is 1. The van der Waals surface area contributed by atoms with Crippen molar-refractivity contribution in [1.29, 1.82) is 0 Å². The summed E-state index contributed by atoms with van der Waals surface area (Å²) in [6, 6.07) is 5.76. The van der Waals surface area contributed by atoms with E-state index in [0.717, 1.165) is 18.4 Å². The van der Waals surface area contributed by atoms with Crippen molar-refractivity contribution >= 4 is 16.9 Å². The Labute approximate surface area is 112 Å². The van der Waals surface area contributed by atoms with Gasteiger partial charge in [-0.3, -0.25) is 14.8 Å². The third kappa shape index (κ3) is 2.57. The van der Waals surface area contributed by atoms with Crippen LogP contribution in [-0.2, 0) is 0 Å². The predicted molar refractivity (Wildman–Crippen MR) is 73.9 cm³/mol. The molecule has 4 nitrogen and oxygen atoms in total. The van der Waals surface area contributed by atoms with Gasteiger partial charge in [-0.2, -0.15) is 0 Å². The second-order valence-electron chi connectivity index (χ2n) is 5.04. The lowest BCUT2D eigenvalue weighted by atomic mass is 9.95. The Hall–Kier alpha value is -1.97. The molecule has 98 valence electrons. The SMILES string of the molecule is O=C(NC1CCCCC1)c1ccnc2cccnc12. The van der Waals surface area contributed by atoms with Gasteiger partial charge in [-0.25, -0.2) is 0 Å². The first-order valence-electron chi connectivity index (χ1n) is 6.85. The van der Waals surface area contributed by atoms with Gasteiger partial charge >= 0.3 is 0 Å². The van der Waals surface area contributed by atoms with E-state index in [1.54, 1.807) is 18.5 Å². The molecule has 3 rings (SSSR count). The van der Waals surface area contributed by atoms with Crippen LogP contribution in [0.25, 0.3) is 11.0 Å². The van der Waals surface area contributed by atoms with Gasteiger partial charge in [-0.05, 0) is 31.0 Å². The summed E-state index contributed by atoms with van der Waals surface area (Å²) in [6.45, 7) is 0. The summed E-state index contributed by atoms with van der Waals surface area (Å²) >= 11 is 0. The van der Waals surface area contributed by atoms with Crippen molar-refractivity contribution < 1.29 is 4.79 Å². The standard InChI is InChI=1S/C15H17N3O/c19-15(18-11-5-2-1-3-6-11)12-8-10-16-13-7-4-9-17-14(12)13/h4,7-11H,1-3,5-6H2,(H,18,19). The Kier molecular flexibility index (Phi) is 3.40. The zero-order valence-corrected chi connectivity index (χ0v) is 10.8. The molecule has 0 aliphatic heterocycles. The molecule has 1 aliphatic rings. The van der Waals surface area contributed by atoms with E-state index < -0.39 is 0 Å². The monoisotopic (exact) mass is 255 g/mol. The average Bonchev–Trinajstić information content (AvgIpc) is 2.47. The highest BCUT2D eigenvalue weighted by molar-refractivity contribution is 6.04. The maximum absolute atomic E-state index is 12.3. The number of carbonyl (C=O) groups excluding carboxylic acids is 1. The molecule has 0 radical (unpaired) electrons. The molecule has 4 heteroatoms. The van der Waals surface area contributed by atoms with Gasteiger partial charge in [0.05, 0.1) is 11.1 Å². The lowest BCUT2D eigenvalue weighted by Crippen LogP contribution is -2.36. The molecule has 1 aliphatic carbocycles. The van der Waals surface area contributed by atoms with Crippen LogP contribution < -0.4 is 5.32 Å². The molecular weight excluding hydrogens is 238 g/mol. The van der Waals surface area contributed by atoms with Crippen molar-refractivity contribution in [3.63, 3.8) is 0 Å². The lowest BCUT2D eigenvalue weighted by molar-refractivity contribution is 0.0929. The van der Waals surface area contributed by atoms with Crippen LogP contribution in [0.5, 0.6) is 0 Å². The van der Waals surface area contributed by atoms with Gasteiger partial charge in [0.15, 0.2) is 0 Å². The van der Waals surface area contributed by atoms with E-state index in [4.69, 9.17) is 0 Å². The number of hydrogen-bond acceptors (Lipinski definition) is 3. The summed E-state index contributed by atoms with van der Waals surface area (Å²) in [7, 11) is 0. The van der Waals surface area contributed by atoms with Gasteiger partial charge in [0, 0.05) is 18.4 Å². The van der Waals surface area contributed by atoms with Gasteiger partial charge in [-0.1, -0.05) is 19.3 Å². The third-order valence-corrected chi connectivity index (χ3v) is 3.68. The van der Waals surface area contributed by atoms with Crippen molar-refractivity contribution in [3.05, 3.63) is 36.2 Å². The summed E-state index contributed by atoms with van der Waals surface area (Å²) in [4.78, 5) is 20.8. The quantitative estimate of drug-likeness (QED) is 0.897. The molecule has 2 aromatic heterocycles. The second-order valence-corrected chi connectivity index (χ2v) is 5.04. The zero-order chi connectivity index (χ0) is 13.1. The van der Waals surface area contributed by atoms with Crippen molar-refractivity contribution in [3.8, 4) is 0 Å². The topological polar surface area (TPSA) is 54.9 Å². The molecule has 2 aromatic rings. The van der Waals surface area contributed by atoms with Crippen molar-refractivity contribution in [2.24, 2.45) is 0 Å². The van der Waals surface area contributed by atoms with Crippen LogP contribution in [-0.4, -0.2) is 21.9 Å². The fourth-order valence-electron chi connectivity index (χ4n) is 2.67. The van der Waals surface area contributed by atoms with Crippen LogP contribution in [0.4, 0.5) is 0 Å². The zero-order valence-electron chi connectivity index (χ0n) is 10.8. The number of nitrogens with one attached hydrogen (secondary N) is 1. The Bertz CT molecular complexity index is 585. The molecule has 0 atom stereocenters. The number of carbonyl (C=O) groups is 1. The average molecular weight is 255 g/mol. The summed E-state index contributed by atoms with van der Waals surface area (Å²) in [6.07, 6.45) is 9.23. The third-order valence-electron chi connectivity index (χ3n) is 3.68. The van der Waals surface area contributed by atoms with Gasteiger partial charge in [-0.15, -0.1) is 0 Å². The van der Waals surface area contributed by atoms with Crippen LogP contribution in [0, 0.1) is 0 Å². The van der Waals surface area contributed by atoms with E-state index in [2.05, 4.69) is 15.3 Å². The van der Waals surface area contributed by atoms with E-state index in [1.165, 1.54) is 19.3 Å². The molecule has 1 fully saturated rings. The van der Waals surface area contributed by atoms with Crippen molar-refractivity contribution in [2.45, 2.75) is 38.1 Å². The summed E-state index contributed by atoms with van der Waals surface area (Å²) in [5.41, 5.74) is 2.06. The molecular formula is C15H17N3O. The molecule has 2 heterocycles. The van der Waals surface area contributed by atoms with Crippen LogP contribution in [0.15, 0.2) is 30.6 Å². The first-order chi connectivity index (χ1) is 9.34.